The van der Waals surface area contributed by atoms with Crippen LogP contribution in [-0.2, 0) is 7.05 Å². The second-order valence-electron chi connectivity index (χ2n) is 3.52. The number of carbonyl (C=O) groups excluding carboxylic acids is 1. The summed E-state index contributed by atoms with van der Waals surface area (Å²) in [5.41, 5.74) is 0.445. The van der Waals surface area contributed by atoms with Gasteiger partial charge in [0.05, 0.1) is 7.05 Å². The van der Waals surface area contributed by atoms with E-state index in [1.54, 1.807) is 31.3 Å². The summed E-state index contributed by atoms with van der Waals surface area (Å²) in [6.07, 6.45) is 0. The third-order valence-electron chi connectivity index (χ3n) is 2.07. The van der Waals surface area contributed by atoms with Gasteiger partial charge < -0.3 is 0 Å². The van der Waals surface area contributed by atoms with Crippen molar-refractivity contribution in [2.45, 2.75) is 0 Å². The average Bonchev–Trinajstić information content (AvgIpc) is 2.75. The number of rotatable bonds is 2. The monoisotopic (exact) mass is 296 g/mol. The predicted octanol–water partition coefficient (Wildman–Crippen LogP) is 0.990. The Hall–Kier alpha value is -2.06. The van der Waals surface area contributed by atoms with Crippen LogP contribution in [0, 0.1) is 0 Å². The lowest BCUT2D eigenvalue weighted by Gasteiger charge is -2.06. The van der Waals surface area contributed by atoms with Gasteiger partial charge in [-0.05, 0) is 41.7 Å². The molecule has 0 saturated heterocycles. The number of nitrogens with one attached hydrogen (secondary N) is 2. The highest BCUT2D eigenvalue weighted by molar-refractivity contribution is 7.80. The highest BCUT2D eigenvalue weighted by atomic mass is 35.5. The Morgan fingerprint density at radius 3 is 2.63 bits per heavy atom. The van der Waals surface area contributed by atoms with E-state index in [0.717, 1.165) is 0 Å². The van der Waals surface area contributed by atoms with Crippen LogP contribution in [0.15, 0.2) is 24.3 Å². The maximum absolute atomic E-state index is 11.8. The first-order valence-electron chi connectivity index (χ1n) is 5.16. The highest BCUT2D eigenvalue weighted by Gasteiger charge is 2.09. The van der Waals surface area contributed by atoms with Gasteiger partial charge in [0.1, 0.15) is 0 Å². The lowest BCUT2D eigenvalue weighted by Crippen LogP contribution is -2.34. The fourth-order valence-electron chi connectivity index (χ4n) is 1.24. The van der Waals surface area contributed by atoms with E-state index in [1.165, 1.54) is 4.80 Å². The van der Waals surface area contributed by atoms with E-state index in [2.05, 4.69) is 26.0 Å². The summed E-state index contributed by atoms with van der Waals surface area (Å²) in [7, 11) is 1.62. The lowest BCUT2D eigenvalue weighted by atomic mass is 10.2. The molecule has 98 valence electrons. The van der Waals surface area contributed by atoms with Crippen LogP contribution in [0.3, 0.4) is 0 Å². The Kier molecular flexibility index (Phi) is 4.03. The van der Waals surface area contributed by atoms with Crippen LogP contribution in [-0.4, -0.2) is 31.2 Å². The molecule has 0 spiro atoms. The smallest absolute Gasteiger partial charge is 0.269 e. The van der Waals surface area contributed by atoms with Crippen LogP contribution in [0.2, 0.25) is 5.02 Å². The number of hydrogen-bond acceptors (Lipinski definition) is 5. The quantitative estimate of drug-likeness (QED) is 0.804. The molecule has 0 aliphatic rings. The number of benzene rings is 1. The van der Waals surface area contributed by atoms with Gasteiger partial charge in [0.2, 0.25) is 0 Å². The van der Waals surface area contributed by atoms with Gasteiger partial charge in [0.15, 0.2) is 5.11 Å². The van der Waals surface area contributed by atoms with Gasteiger partial charge >= 0.3 is 0 Å². The van der Waals surface area contributed by atoms with Crippen molar-refractivity contribution in [2.24, 2.45) is 7.05 Å². The fraction of sp³-hybridized carbons (Fsp3) is 0.100. The van der Waals surface area contributed by atoms with Crippen molar-refractivity contribution in [2.75, 3.05) is 5.32 Å². The molecule has 19 heavy (non-hydrogen) atoms. The maximum Gasteiger partial charge on any atom is 0.269 e. The van der Waals surface area contributed by atoms with E-state index in [9.17, 15) is 4.79 Å². The Labute approximate surface area is 118 Å². The number of aryl methyl sites for hydroxylation is 1. The molecule has 0 fully saturated rings. The molecular weight excluding hydrogens is 288 g/mol. The molecule has 2 aromatic rings. The van der Waals surface area contributed by atoms with Gasteiger partial charge in [-0.2, -0.15) is 4.80 Å². The molecular formula is C10H9ClN6OS. The van der Waals surface area contributed by atoms with Crippen LogP contribution in [0.1, 0.15) is 10.4 Å². The largest absolute Gasteiger partial charge is 0.299 e. The van der Waals surface area contributed by atoms with E-state index in [0.29, 0.717) is 10.6 Å². The molecule has 1 aromatic carbocycles. The molecule has 2 N–H and O–H groups in total. The van der Waals surface area contributed by atoms with Crippen molar-refractivity contribution in [3.05, 3.63) is 34.9 Å². The van der Waals surface area contributed by atoms with Gasteiger partial charge in [-0.3, -0.25) is 15.4 Å². The Bertz CT molecular complexity index is 611. The number of anilines is 1. The lowest BCUT2D eigenvalue weighted by molar-refractivity contribution is 0.0978. The van der Waals surface area contributed by atoms with Crippen molar-refractivity contribution in [1.29, 1.82) is 0 Å². The second-order valence-corrected chi connectivity index (χ2v) is 4.36. The zero-order valence-electron chi connectivity index (χ0n) is 9.79. The maximum atomic E-state index is 11.8. The number of hydrogen-bond donors (Lipinski definition) is 2. The molecule has 0 aliphatic heterocycles. The molecule has 0 radical (unpaired) electrons. The van der Waals surface area contributed by atoms with Crippen LogP contribution >= 0.6 is 23.8 Å². The number of carbonyl (C=O) groups is 1. The van der Waals surface area contributed by atoms with Gasteiger partial charge in [0, 0.05) is 10.6 Å². The highest BCUT2D eigenvalue weighted by Crippen LogP contribution is 2.09. The number of amides is 1. The number of halogens is 1. The molecule has 1 heterocycles. The minimum atomic E-state index is -0.349. The number of tetrazole rings is 1. The summed E-state index contributed by atoms with van der Waals surface area (Å²) in [5.74, 6) is -0.137. The van der Waals surface area contributed by atoms with Crippen molar-refractivity contribution >= 4 is 40.8 Å². The first-order chi connectivity index (χ1) is 9.04. The Morgan fingerprint density at radius 1 is 1.37 bits per heavy atom. The summed E-state index contributed by atoms with van der Waals surface area (Å²) in [6.45, 7) is 0. The molecule has 9 heteroatoms. The molecule has 0 bridgehead atoms. The van der Waals surface area contributed by atoms with Gasteiger partial charge in [0.25, 0.3) is 11.9 Å². The van der Waals surface area contributed by atoms with Crippen molar-refractivity contribution in [3.63, 3.8) is 0 Å². The second kappa shape index (κ2) is 5.72. The minimum absolute atomic E-state index is 0.0907. The van der Waals surface area contributed by atoms with Gasteiger partial charge in [-0.25, -0.2) is 0 Å². The van der Waals surface area contributed by atoms with E-state index >= 15 is 0 Å². The topological polar surface area (TPSA) is 84.7 Å². The summed E-state index contributed by atoms with van der Waals surface area (Å²) in [6, 6.07) is 6.44. The summed E-state index contributed by atoms with van der Waals surface area (Å²) >= 11 is 10.7. The van der Waals surface area contributed by atoms with Crippen LogP contribution in [0.25, 0.3) is 0 Å². The standard InChI is InChI=1S/C10H9ClN6OS/c1-17-15-9(14-16-17)13-10(19)12-8(18)6-2-4-7(11)5-3-6/h2-5H,1H3,(H2,12,13,15,18,19). The fourth-order valence-corrected chi connectivity index (χ4v) is 1.55. The van der Waals surface area contributed by atoms with Crippen LogP contribution < -0.4 is 10.6 Å². The van der Waals surface area contributed by atoms with Crippen molar-refractivity contribution < 1.29 is 4.79 Å². The van der Waals surface area contributed by atoms with E-state index in [1.807, 2.05) is 0 Å². The van der Waals surface area contributed by atoms with E-state index < -0.39 is 0 Å². The minimum Gasteiger partial charge on any atom is -0.299 e. The number of nitrogens with zero attached hydrogens (tertiary/aromatic N) is 4. The first kappa shape index (κ1) is 13.4. The molecule has 0 saturated carbocycles. The Balaban J connectivity index is 1.95. The third kappa shape index (κ3) is 3.70. The van der Waals surface area contributed by atoms with Crippen molar-refractivity contribution in [3.8, 4) is 0 Å². The SMILES string of the molecule is Cn1nnc(NC(=S)NC(=O)c2ccc(Cl)cc2)n1. The Morgan fingerprint density at radius 2 is 2.05 bits per heavy atom. The molecule has 1 aromatic heterocycles. The molecule has 7 nitrogen and oxygen atoms in total. The van der Waals surface area contributed by atoms with Crippen LogP contribution in [0.5, 0.6) is 0 Å². The zero-order valence-corrected chi connectivity index (χ0v) is 11.4. The molecule has 0 atom stereocenters. The predicted molar refractivity (Wildman–Crippen MR) is 73.9 cm³/mol. The van der Waals surface area contributed by atoms with Gasteiger partial charge in [-0.1, -0.05) is 16.7 Å². The normalized spacial score (nSPS) is 10.0. The average molecular weight is 297 g/mol. The van der Waals surface area contributed by atoms with Crippen LogP contribution in [0.4, 0.5) is 5.95 Å². The van der Waals surface area contributed by atoms with E-state index in [4.69, 9.17) is 23.8 Å². The molecule has 2 rings (SSSR count). The summed E-state index contributed by atoms with van der Waals surface area (Å²) in [5, 5.41) is 17.0. The molecule has 0 unspecified atom stereocenters. The zero-order chi connectivity index (χ0) is 13.8. The van der Waals surface area contributed by atoms with Crippen molar-refractivity contribution in [1.82, 2.24) is 25.5 Å². The van der Waals surface area contributed by atoms with E-state index in [-0.39, 0.29) is 17.0 Å². The van der Waals surface area contributed by atoms with Gasteiger partial charge in [-0.15, -0.1) is 5.10 Å². The molecule has 0 aliphatic carbocycles. The third-order valence-corrected chi connectivity index (χ3v) is 2.52. The summed E-state index contributed by atoms with van der Waals surface area (Å²) in [4.78, 5) is 13.1. The molecule has 1 amide bonds. The first-order valence-corrected chi connectivity index (χ1v) is 5.95. The number of thiocarbonyl (C=S) groups is 1. The number of aromatic nitrogens is 4. The summed E-state index contributed by atoms with van der Waals surface area (Å²) < 4.78 is 0.